The van der Waals surface area contributed by atoms with Crippen LogP contribution in [0.2, 0.25) is 0 Å². The number of aliphatic hydroxyl groups is 1. The van der Waals surface area contributed by atoms with Gasteiger partial charge in [-0.25, -0.2) is 4.99 Å². The van der Waals surface area contributed by atoms with Crippen LogP contribution in [0.1, 0.15) is 25.1 Å². The van der Waals surface area contributed by atoms with Crippen molar-refractivity contribution in [3.8, 4) is 0 Å². The zero-order valence-corrected chi connectivity index (χ0v) is 17.9. The van der Waals surface area contributed by atoms with Crippen molar-refractivity contribution >= 4 is 41.3 Å². The highest BCUT2D eigenvalue weighted by atomic mass is 127. The lowest BCUT2D eigenvalue weighted by molar-refractivity contribution is 0.0695. The molecule has 0 aromatic carbocycles. The third-order valence-corrected chi connectivity index (χ3v) is 4.25. The fourth-order valence-electron chi connectivity index (χ4n) is 1.86. The molecule has 1 rings (SSSR count). The molecule has 8 heteroatoms. The fraction of sp³-hybridized carbons (Fsp3) is 0.688. The SMILES string of the molecule is CCNC(=NCC(C)(O)c1cccs1)NCCCOCCOC.I. The van der Waals surface area contributed by atoms with Crippen LogP contribution in [0.25, 0.3) is 0 Å². The molecule has 0 bridgehead atoms. The lowest BCUT2D eigenvalue weighted by atomic mass is 10.1. The molecule has 24 heavy (non-hydrogen) atoms. The van der Waals surface area contributed by atoms with Crippen molar-refractivity contribution < 1.29 is 14.6 Å². The van der Waals surface area contributed by atoms with Gasteiger partial charge in [-0.2, -0.15) is 0 Å². The maximum absolute atomic E-state index is 10.5. The number of nitrogens with zero attached hydrogens (tertiary/aromatic N) is 1. The van der Waals surface area contributed by atoms with Crippen LogP contribution in [-0.2, 0) is 15.1 Å². The number of nitrogens with one attached hydrogen (secondary N) is 2. The summed E-state index contributed by atoms with van der Waals surface area (Å²) in [5.74, 6) is 0.709. The van der Waals surface area contributed by atoms with Crippen molar-refractivity contribution in [1.29, 1.82) is 0 Å². The van der Waals surface area contributed by atoms with E-state index in [1.165, 1.54) is 11.3 Å². The first kappa shape index (κ1) is 23.6. The Morgan fingerprint density at radius 2 is 2.12 bits per heavy atom. The minimum Gasteiger partial charge on any atom is -0.383 e. The number of halogens is 1. The van der Waals surface area contributed by atoms with E-state index >= 15 is 0 Å². The summed E-state index contributed by atoms with van der Waals surface area (Å²) in [5, 5.41) is 18.9. The normalized spacial score (nSPS) is 13.9. The molecule has 140 valence electrons. The van der Waals surface area contributed by atoms with Crippen LogP contribution in [0.15, 0.2) is 22.5 Å². The zero-order chi connectivity index (χ0) is 17.0. The third kappa shape index (κ3) is 9.77. The van der Waals surface area contributed by atoms with Gasteiger partial charge >= 0.3 is 0 Å². The maximum atomic E-state index is 10.5. The van der Waals surface area contributed by atoms with Crippen molar-refractivity contribution in [2.75, 3.05) is 46.6 Å². The highest BCUT2D eigenvalue weighted by Crippen LogP contribution is 2.25. The lowest BCUT2D eigenvalue weighted by Gasteiger charge is -2.20. The Morgan fingerprint density at radius 1 is 1.33 bits per heavy atom. The van der Waals surface area contributed by atoms with Gasteiger partial charge < -0.3 is 25.2 Å². The van der Waals surface area contributed by atoms with Gasteiger partial charge in [0.1, 0.15) is 5.60 Å². The van der Waals surface area contributed by atoms with Crippen LogP contribution in [-0.4, -0.2) is 57.6 Å². The lowest BCUT2D eigenvalue weighted by Crippen LogP contribution is -2.39. The quantitative estimate of drug-likeness (QED) is 0.200. The van der Waals surface area contributed by atoms with E-state index in [9.17, 15) is 5.11 Å². The molecule has 1 aromatic heterocycles. The van der Waals surface area contributed by atoms with E-state index in [-0.39, 0.29) is 24.0 Å². The highest BCUT2D eigenvalue weighted by Gasteiger charge is 2.23. The van der Waals surface area contributed by atoms with Crippen LogP contribution in [0.5, 0.6) is 0 Å². The minimum absolute atomic E-state index is 0. The highest BCUT2D eigenvalue weighted by molar-refractivity contribution is 14.0. The van der Waals surface area contributed by atoms with Gasteiger partial charge in [0.05, 0.1) is 19.8 Å². The monoisotopic (exact) mass is 471 g/mol. The first-order valence-electron chi connectivity index (χ1n) is 7.95. The molecule has 3 N–H and O–H groups in total. The second-order valence-corrected chi connectivity index (χ2v) is 6.28. The Kier molecular flexibility index (Phi) is 13.6. The largest absolute Gasteiger partial charge is 0.383 e. The average Bonchev–Trinajstić information content (AvgIpc) is 3.07. The van der Waals surface area contributed by atoms with E-state index in [2.05, 4.69) is 15.6 Å². The van der Waals surface area contributed by atoms with Gasteiger partial charge in [-0.1, -0.05) is 6.07 Å². The molecule has 0 radical (unpaired) electrons. The second kappa shape index (κ2) is 13.8. The molecule has 6 nitrogen and oxygen atoms in total. The number of ether oxygens (including phenoxy) is 2. The first-order valence-corrected chi connectivity index (χ1v) is 8.83. The summed E-state index contributed by atoms with van der Waals surface area (Å²) in [6.45, 7) is 7.58. The molecule has 1 unspecified atom stereocenters. The summed E-state index contributed by atoms with van der Waals surface area (Å²) in [7, 11) is 1.66. The van der Waals surface area contributed by atoms with E-state index in [0.717, 1.165) is 24.4 Å². The zero-order valence-electron chi connectivity index (χ0n) is 14.7. The molecule has 0 fully saturated rings. The number of guanidine groups is 1. The number of thiophene rings is 1. The predicted octanol–water partition coefficient (Wildman–Crippen LogP) is 2.18. The summed E-state index contributed by atoms with van der Waals surface area (Å²) in [6, 6.07) is 3.86. The van der Waals surface area contributed by atoms with Crippen LogP contribution >= 0.6 is 35.3 Å². The molecule has 1 aromatic rings. The van der Waals surface area contributed by atoms with Gasteiger partial charge in [0.15, 0.2) is 5.96 Å². The Balaban J connectivity index is 0.00000529. The minimum atomic E-state index is -0.945. The molecule has 0 aliphatic heterocycles. The fourth-order valence-corrected chi connectivity index (χ4v) is 2.64. The number of hydrogen-bond acceptors (Lipinski definition) is 5. The number of hydrogen-bond donors (Lipinski definition) is 3. The summed E-state index contributed by atoms with van der Waals surface area (Å²) < 4.78 is 10.3. The number of rotatable bonds is 11. The molecule has 0 aliphatic carbocycles. The molecular formula is C16H30IN3O3S. The van der Waals surface area contributed by atoms with Crippen molar-refractivity contribution in [2.45, 2.75) is 25.9 Å². The predicted molar refractivity (Wildman–Crippen MR) is 111 cm³/mol. The smallest absolute Gasteiger partial charge is 0.191 e. The van der Waals surface area contributed by atoms with Crippen molar-refractivity contribution in [1.82, 2.24) is 10.6 Å². The topological polar surface area (TPSA) is 75.1 Å². The molecule has 0 saturated heterocycles. The molecule has 0 aliphatic rings. The van der Waals surface area contributed by atoms with Gasteiger partial charge in [-0.3, -0.25) is 0 Å². The van der Waals surface area contributed by atoms with Gasteiger partial charge in [0.2, 0.25) is 0 Å². The van der Waals surface area contributed by atoms with E-state index < -0.39 is 5.60 Å². The van der Waals surface area contributed by atoms with E-state index in [0.29, 0.717) is 32.3 Å². The van der Waals surface area contributed by atoms with Crippen LogP contribution in [0, 0.1) is 0 Å². The van der Waals surface area contributed by atoms with Gasteiger partial charge in [-0.05, 0) is 31.7 Å². The van der Waals surface area contributed by atoms with Gasteiger partial charge in [-0.15, -0.1) is 35.3 Å². The van der Waals surface area contributed by atoms with Crippen molar-refractivity contribution in [3.63, 3.8) is 0 Å². The standard InChI is InChI=1S/C16H29N3O3S.HI/c1-4-17-15(18-8-6-9-22-11-10-21-3)19-13-16(2,20)14-7-5-12-23-14;/h5,7,12,20H,4,6,8-11,13H2,1-3H3,(H2,17,18,19);1H. The number of methoxy groups -OCH3 is 1. The Hall–Kier alpha value is -0.420. The van der Waals surface area contributed by atoms with E-state index in [1.807, 2.05) is 24.4 Å². The van der Waals surface area contributed by atoms with Crippen molar-refractivity contribution in [2.24, 2.45) is 4.99 Å². The van der Waals surface area contributed by atoms with Gasteiger partial charge in [0, 0.05) is 31.7 Å². The third-order valence-electron chi connectivity index (χ3n) is 3.13. The van der Waals surface area contributed by atoms with Crippen molar-refractivity contribution in [3.05, 3.63) is 22.4 Å². The van der Waals surface area contributed by atoms with Crippen LogP contribution < -0.4 is 10.6 Å². The molecule has 0 spiro atoms. The number of aliphatic imine (C=N–C) groups is 1. The Labute approximate surface area is 166 Å². The molecule has 0 amide bonds. The first-order chi connectivity index (χ1) is 11.1. The van der Waals surface area contributed by atoms with E-state index in [1.54, 1.807) is 14.0 Å². The Bertz CT molecular complexity index is 442. The summed E-state index contributed by atoms with van der Waals surface area (Å²) in [6.07, 6.45) is 0.884. The molecule has 1 atom stereocenters. The average molecular weight is 471 g/mol. The van der Waals surface area contributed by atoms with E-state index in [4.69, 9.17) is 9.47 Å². The summed E-state index contributed by atoms with van der Waals surface area (Å²) in [5.41, 5.74) is -0.945. The molecule has 1 heterocycles. The van der Waals surface area contributed by atoms with Crippen LogP contribution in [0.4, 0.5) is 0 Å². The summed E-state index contributed by atoms with van der Waals surface area (Å²) >= 11 is 1.54. The molecular weight excluding hydrogens is 441 g/mol. The summed E-state index contributed by atoms with van der Waals surface area (Å²) in [4.78, 5) is 5.40. The van der Waals surface area contributed by atoms with Gasteiger partial charge in [0.25, 0.3) is 0 Å². The molecule has 0 saturated carbocycles. The van der Waals surface area contributed by atoms with Crippen LogP contribution in [0.3, 0.4) is 0 Å². The Morgan fingerprint density at radius 3 is 2.75 bits per heavy atom. The second-order valence-electron chi connectivity index (χ2n) is 5.33. The maximum Gasteiger partial charge on any atom is 0.191 e.